The van der Waals surface area contributed by atoms with E-state index in [1.807, 2.05) is 13.0 Å². The molecule has 0 bridgehead atoms. The number of aromatic hydroxyl groups is 1. The maximum atomic E-state index is 13.3. The van der Waals surface area contributed by atoms with E-state index in [2.05, 4.69) is 0 Å². The third-order valence-electron chi connectivity index (χ3n) is 2.57. The second kappa shape index (κ2) is 4.35. The monoisotopic (exact) mass is 216 g/mol. The zero-order valence-corrected chi connectivity index (χ0v) is 9.07. The summed E-state index contributed by atoms with van der Waals surface area (Å²) in [5.41, 5.74) is 2.73. The highest BCUT2D eigenvalue weighted by Gasteiger charge is 2.02. The van der Waals surface area contributed by atoms with Gasteiger partial charge < -0.3 is 5.11 Å². The van der Waals surface area contributed by atoms with Crippen molar-refractivity contribution in [2.24, 2.45) is 0 Å². The Morgan fingerprint density at radius 2 is 1.69 bits per heavy atom. The van der Waals surface area contributed by atoms with E-state index in [9.17, 15) is 9.50 Å². The topological polar surface area (TPSA) is 20.2 Å². The van der Waals surface area contributed by atoms with Crippen LogP contribution in [0, 0.1) is 5.82 Å². The van der Waals surface area contributed by atoms with E-state index >= 15 is 0 Å². The molecule has 0 aromatic heterocycles. The minimum Gasteiger partial charge on any atom is -0.508 e. The lowest BCUT2D eigenvalue weighted by Crippen LogP contribution is -1.86. The predicted molar refractivity (Wildman–Crippen MR) is 62.9 cm³/mol. The van der Waals surface area contributed by atoms with Crippen LogP contribution in [-0.4, -0.2) is 5.11 Å². The number of aryl methyl sites for hydroxylation is 1. The van der Waals surface area contributed by atoms with Gasteiger partial charge in [0.2, 0.25) is 0 Å². The van der Waals surface area contributed by atoms with Crippen LogP contribution >= 0.6 is 0 Å². The molecule has 82 valence electrons. The molecule has 2 aromatic rings. The van der Waals surface area contributed by atoms with Gasteiger partial charge in [-0.25, -0.2) is 4.39 Å². The Bertz CT molecular complexity index is 489. The lowest BCUT2D eigenvalue weighted by atomic mass is 10.0. The zero-order valence-electron chi connectivity index (χ0n) is 9.07. The van der Waals surface area contributed by atoms with Crippen molar-refractivity contribution >= 4 is 0 Å². The summed E-state index contributed by atoms with van der Waals surface area (Å²) >= 11 is 0. The maximum Gasteiger partial charge on any atom is 0.124 e. The van der Waals surface area contributed by atoms with Crippen LogP contribution in [0.2, 0.25) is 0 Å². The Morgan fingerprint density at radius 3 is 2.31 bits per heavy atom. The summed E-state index contributed by atoms with van der Waals surface area (Å²) in [5, 5.41) is 9.18. The second-order valence-electron chi connectivity index (χ2n) is 3.75. The summed E-state index contributed by atoms with van der Waals surface area (Å²) in [4.78, 5) is 0. The molecular weight excluding hydrogens is 203 g/mol. The lowest BCUT2D eigenvalue weighted by Gasteiger charge is -2.05. The molecule has 0 fully saturated rings. The average Bonchev–Trinajstić information content (AvgIpc) is 2.29. The molecule has 1 nitrogen and oxygen atoms in total. The molecule has 0 unspecified atom stereocenters. The quantitative estimate of drug-likeness (QED) is 0.810. The van der Waals surface area contributed by atoms with Gasteiger partial charge in [0, 0.05) is 0 Å². The molecule has 0 aliphatic rings. The molecule has 0 spiro atoms. The van der Waals surface area contributed by atoms with Crippen molar-refractivity contribution in [2.45, 2.75) is 13.3 Å². The standard InChI is InChI=1S/C14H13FO/c1-2-10-7-12(9-13(15)8-10)11-3-5-14(16)6-4-11/h3-9,16H,2H2,1H3. The van der Waals surface area contributed by atoms with Crippen LogP contribution in [0.4, 0.5) is 4.39 Å². The highest BCUT2D eigenvalue weighted by molar-refractivity contribution is 5.65. The Morgan fingerprint density at radius 1 is 1.00 bits per heavy atom. The van der Waals surface area contributed by atoms with E-state index in [4.69, 9.17) is 0 Å². The largest absolute Gasteiger partial charge is 0.508 e. The van der Waals surface area contributed by atoms with Crippen LogP contribution in [0.1, 0.15) is 12.5 Å². The molecule has 2 heteroatoms. The van der Waals surface area contributed by atoms with Crippen molar-refractivity contribution < 1.29 is 9.50 Å². The molecule has 0 aliphatic heterocycles. The average molecular weight is 216 g/mol. The SMILES string of the molecule is CCc1cc(F)cc(-c2ccc(O)cc2)c1. The van der Waals surface area contributed by atoms with E-state index < -0.39 is 0 Å². The van der Waals surface area contributed by atoms with Gasteiger partial charge in [0.15, 0.2) is 0 Å². The molecule has 2 rings (SSSR count). The fourth-order valence-corrected chi connectivity index (χ4v) is 1.68. The third-order valence-corrected chi connectivity index (χ3v) is 2.57. The fraction of sp³-hybridized carbons (Fsp3) is 0.143. The minimum atomic E-state index is -0.220. The van der Waals surface area contributed by atoms with E-state index in [0.29, 0.717) is 0 Å². The van der Waals surface area contributed by atoms with Crippen molar-refractivity contribution in [1.29, 1.82) is 0 Å². The first-order valence-electron chi connectivity index (χ1n) is 5.28. The normalized spacial score (nSPS) is 10.4. The van der Waals surface area contributed by atoms with Crippen LogP contribution in [0.3, 0.4) is 0 Å². The summed E-state index contributed by atoms with van der Waals surface area (Å²) in [6, 6.07) is 11.8. The summed E-state index contributed by atoms with van der Waals surface area (Å²) < 4.78 is 13.3. The van der Waals surface area contributed by atoms with Gasteiger partial charge in [0.1, 0.15) is 11.6 Å². The zero-order chi connectivity index (χ0) is 11.5. The van der Waals surface area contributed by atoms with Gasteiger partial charge in [-0.2, -0.15) is 0 Å². The van der Waals surface area contributed by atoms with Gasteiger partial charge in [0.05, 0.1) is 0 Å². The molecule has 0 heterocycles. The van der Waals surface area contributed by atoms with Gasteiger partial charge >= 0.3 is 0 Å². The number of phenolic OH excluding ortho intramolecular Hbond substituents is 1. The minimum absolute atomic E-state index is 0.218. The number of hydrogen-bond donors (Lipinski definition) is 1. The Labute approximate surface area is 94.2 Å². The molecule has 2 aromatic carbocycles. The molecule has 0 atom stereocenters. The third kappa shape index (κ3) is 2.22. The lowest BCUT2D eigenvalue weighted by molar-refractivity contribution is 0.475. The smallest absolute Gasteiger partial charge is 0.124 e. The highest BCUT2D eigenvalue weighted by Crippen LogP contribution is 2.24. The summed E-state index contributed by atoms with van der Waals surface area (Å²) in [7, 11) is 0. The van der Waals surface area contributed by atoms with E-state index in [1.54, 1.807) is 30.3 Å². The highest BCUT2D eigenvalue weighted by atomic mass is 19.1. The number of hydrogen-bond acceptors (Lipinski definition) is 1. The number of rotatable bonds is 2. The van der Waals surface area contributed by atoms with Gasteiger partial charge in [0.25, 0.3) is 0 Å². The number of phenols is 1. The van der Waals surface area contributed by atoms with Gasteiger partial charge in [-0.05, 0) is 47.4 Å². The van der Waals surface area contributed by atoms with E-state index in [1.165, 1.54) is 6.07 Å². The fourth-order valence-electron chi connectivity index (χ4n) is 1.68. The molecular formula is C14H13FO. The first-order chi connectivity index (χ1) is 7.69. The van der Waals surface area contributed by atoms with Crippen molar-refractivity contribution in [1.82, 2.24) is 0 Å². The Balaban J connectivity index is 2.47. The first kappa shape index (κ1) is 10.7. The number of halogens is 1. The van der Waals surface area contributed by atoms with Gasteiger partial charge in [-0.3, -0.25) is 0 Å². The molecule has 0 radical (unpaired) electrons. The van der Waals surface area contributed by atoms with Crippen LogP contribution in [-0.2, 0) is 6.42 Å². The summed E-state index contributed by atoms with van der Waals surface area (Å²) in [5.74, 6) is -0.00158. The molecule has 0 aliphatic carbocycles. The van der Waals surface area contributed by atoms with Crippen LogP contribution in [0.25, 0.3) is 11.1 Å². The van der Waals surface area contributed by atoms with Crippen LogP contribution in [0.15, 0.2) is 42.5 Å². The number of benzene rings is 2. The molecule has 1 N–H and O–H groups in total. The van der Waals surface area contributed by atoms with Crippen LogP contribution < -0.4 is 0 Å². The summed E-state index contributed by atoms with van der Waals surface area (Å²) in [6.45, 7) is 2.00. The predicted octanol–water partition coefficient (Wildman–Crippen LogP) is 3.76. The van der Waals surface area contributed by atoms with Crippen molar-refractivity contribution in [3.8, 4) is 16.9 Å². The maximum absolute atomic E-state index is 13.3. The summed E-state index contributed by atoms with van der Waals surface area (Å²) in [6.07, 6.45) is 0.808. The van der Waals surface area contributed by atoms with Crippen LogP contribution in [0.5, 0.6) is 5.75 Å². The van der Waals surface area contributed by atoms with E-state index in [-0.39, 0.29) is 11.6 Å². The van der Waals surface area contributed by atoms with Gasteiger partial charge in [-0.15, -0.1) is 0 Å². The Hall–Kier alpha value is -1.83. The van der Waals surface area contributed by atoms with Gasteiger partial charge in [-0.1, -0.05) is 25.1 Å². The van der Waals surface area contributed by atoms with E-state index in [0.717, 1.165) is 23.1 Å². The van der Waals surface area contributed by atoms with Crippen molar-refractivity contribution in [2.75, 3.05) is 0 Å². The second-order valence-corrected chi connectivity index (χ2v) is 3.75. The molecule has 0 saturated carbocycles. The van der Waals surface area contributed by atoms with Crippen molar-refractivity contribution in [3.05, 3.63) is 53.8 Å². The molecule has 0 amide bonds. The molecule has 16 heavy (non-hydrogen) atoms. The Kier molecular flexibility index (Phi) is 2.91. The molecule has 0 saturated heterocycles. The first-order valence-corrected chi connectivity index (χ1v) is 5.28. The van der Waals surface area contributed by atoms with Crippen molar-refractivity contribution in [3.63, 3.8) is 0 Å².